The van der Waals surface area contributed by atoms with Crippen LogP contribution in [0.2, 0.25) is 0 Å². The van der Waals surface area contributed by atoms with Crippen molar-refractivity contribution in [1.29, 1.82) is 0 Å². The fraction of sp³-hybridized carbons (Fsp3) is 0.133. The summed E-state index contributed by atoms with van der Waals surface area (Å²) in [4.78, 5) is 34.3. The highest BCUT2D eigenvalue weighted by Gasteiger charge is 2.25. The van der Waals surface area contributed by atoms with Crippen LogP contribution in [0.15, 0.2) is 36.4 Å². The first-order chi connectivity index (χ1) is 9.91. The molecule has 5 nitrogen and oxygen atoms in total. The first-order valence-corrected chi connectivity index (χ1v) is 6.51. The Morgan fingerprint density at radius 1 is 1.19 bits per heavy atom. The summed E-state index contributed by atoms with van der Waals surface area (Å²) in [6.45, 7) is 1.26. The number of hydrogen-bond donors (Lipinski definition) is 1. The highest BCUT2D eigenvalue weighted by molar-refractivity contribution is 6.83. The molecule has 0 saturated carbocycles. The molecule has 2 aromatic rings. The minimum Gasteiger partial charge on any atom is -0.480 e. The van der Waals surface area contributed by atoms with E-state index in [0.29, 0.717) is 16.8 Å². The van der Waals surface area contributed by atoms with E-state index in [1.54, 1.807) is 37.3 Å². The Kier molecular flexibility index (Phi) is 4.23. The second-order valence-electron chi connectivity index (χ2n) is 4.50. The molecule has 0 unspecified atom stereocenters. The van der Waals surface area contributed by atoms with Crippen molar-refractivity contribution in [2.75, 3.05) is 0 Å². The van der Waals surface area contributed by atoms with E-state index in [1.165, 1.54) is 4.57 Å². The zero-order valence-electron chi connectivity index (χ0n) is 11.2. The van der Waals surface area contributed by atoms with Crippen LogP contribution in [0.3, 0.4) is 0 Å². The van der Waals surface area contributed by atoms with Gasteiger partial charge in [0.15, 0.2) is 0 Å². The number of carboxylic acid groups (broad SMARTS) is 1. The van der Waals surface area contributed by atoms with E-state index in [4.69, 9.17) is 16.7 Å². The van der Waals surface area contributed by atoms with Gasteiger partial charge < -0.3 is 9.67 Å². The van der Waals surface area contributed by atoms with E-state index >= 15 is 0 Å². The Morgan fingerprint density at radius 2 is 1.81 bits per heavy atom. The van der Waals surface area contributed by atoms with E-state index in [1.807, 2.05) is 6.07 Å². The number of carboxylic acids is 1. The number of hydrogen-bond acceptors (Lipinski definition) is 3. The Hall–Kier alpha value is -2.40. The largest absolute Gasteiger partial charge is 0.480 e. The number of halogens is 1. The van der Waals surface area contributed by atoms with Crippen LogP contribution in [-0.2, 0) is 16.1 Å². The predicted octanol–water partition coefficient (Wildman–Crippen LogP) is 2.50. The first-order valence-electron chi connectivity index (χ1n) is 6.13. The molecule has 2 rings (SSSR count). The lowest BCUT2D eigenvalue weighted by atomic mass is 10.0. The molecule has 0 bridgehead atoms. The maximum atomic E-state index is 12.1. The van der Waals surface area contributed by atoms with Gasteiger partial charge in [0.1, 0.15) is 12.2 Å². The van der Waals surface area contributed by atoms with Gasteiger partial charge >= 0.3 is 5.97 Å². The average Bonchev–Trinajstić information content (AvgIpc) is 2.75. The van der Waals surface area contributed by atoms with Crippen LogP contribution >= 0.6 is 11.6 Å². The van der Waals surface area contributed by atoms with Crippen molar-refractivity contribution < 1.29 is 19.5 Å². The summed E-state index contributed by atoms with van der Waals surface area (Å²) in [7, 11) is 0. The van der Waals surface area contributed by atoms with Crippen molar-refractivity contribution in [3.8, 4) is 11.1 Å². The molecular formula is C15H12ClNO4. The topological polar surface area (TPSA) is 76.4 Å². The van der Waals surface area contributed by atoms with Gasteiger partial charge in [-0.3, -0.25) is 14.4 Å². The summed E-state index contributed by atoms with van der Waals surface area (Å²) >= 11 is 5.29. The molecule has 108 valence electrons. The summed E-state index contributed by atoms with van der Waals surface area (Å²) in [5.41, 5.74) is 1.78. The van der Waals surface area contributed by atoms with Gasteiger partial charge in [-0.25, -0.2) is 0 Å². The molecule has 1 heterocycles. The molecule has 0 atom stereocenters. The quantitative estimate of drug-likeness (QED) is 0.523. The van der Waals surface area contributed by atoms with Crippen LogP contribution in [0.5, 0.6) is 0 Å². The van der Waals surface area contributed by atoms with Crippen LogP contribution in [0.1, 0.15) is 16.2 Å². The number of nitrogens with zero attached hydrogens (tertiary/aromatic N) is 1. The molecule has 0 spiro atoms. The molecule has 0 amide bonds. The van der Waals surface area contributed by atoms with Crippen LogP contribution in [0, 0.1) is 6.92 Å². The number of aromatic nitrogens is 1. The van der Waals surface area contributed by atoms with E-state index in [-0.39, 0.29) is 5.69 Å². The van der Waals surface area contributed by atoms with Gasteiger partial charge in [-0.15, -0.1) is 0 Å². The normalized spacial score (nSPS) is 10.4. The molecule has 1 N–H and O–H groups in total. The number of aliphatic carboxylic acids is 1. The zero-order valence-corrected chi connectivity index (χ0v) is 11.9. The number of rotatable bonds is 5. The standard InChI is InChI=1S/C15H12ClNO4/c1-9-7-11(10-5-3-2-4-6-10)13(14(20)15(16)21)17(9)8-12(18)19/h2-7H,8H2,1H3,(H,18,19). The highest BCUT2D eigenvalue weighted by atomic mass is 35.5. The van der Waals surface area contributed by atoms with Crippen LogP contribution in [0.4, 0.5) is 0 Å². The predicted molar refractivity (Wildman–Crippen MR) is 77.4 cm³/mol. The Balaban J connectivity index is 2.68. The lowest BCUT2D eigenvalue weighted by Gasteiger charge is -2.08. The van der Waals surface area contributed by atoms with Gasteiger partial charge in [0.25, 0.3) is 11.0 Å². The molecule has 1 aromatic carbocycles. The fourth-order valence-corrected chi connectivity index (χ4v) is 2.28. The van der Waals surface area contributed by atoms with Gasteiger partial charge in [-0.1, -0.05) is 30.3 Å². The van der Waals surface area contributed by atoms with Gasteiger partial charge in [-0.05, 0) is 30.2 Å². The minimum absolute atomic E-state index is 0.00102. The van der Waals surface area contributed by atoms with E-state index < -0.39 is 23.5 Å². The second kappa shape index (κ2) is 5.93. The lowest BCUT2D eigenvalue weighted by molar-refractivity contribution is -0.137. The van der Waals surface area contributed by atoms with Gasteiger partial charge in [0, 0.05) is 11.3 Å². The smallest absolute Gasteiger partial charge is 0.323 e. The van der Waals surface area contributed by atoms with Crippen LogP contribution in [0.25, 0.3) is 11.1 Å². The maximum absolute atomic E-state index is 12.1. The Morgan fingerprint density at radius 3 is 2.33 bits per heavy atom. The van der Waals surface area contributed by atoms with E-state index in [0.717, 1.165) is 0 Å². The molecule has 1 aromatic heterocycles. The highest BCUT2D eigenvalue weighted by Crippen LogP contribution is 2.28. The molecule has 0 saturated heterocycles. The van der Waals surface area contributed by atoms with Crippen molar-refractivity contribution in [3.63, 3.8) is 0 Å². The molecular weight excluding hydrogens is 294 g/mol. The molecule has 6 heteroatoms. The summed E-state index contributed by atoms with van der Waals surface area (Å²) < 4.78 is 1.28. The van der Waals surface area contributed by atoms with Gasteiger partial charge in [-0.2, -0.15) is 0 Å². The number of benzene rings is 1. The third-order valence-corrected chi connectivity index (χ3v) is 3.25. The fourth-order valence-electron chi connectivity index (χ4n) is 2.19. The number of Topliss-reactive ketones (excluding diaryl/α,β-unsaturated/α-hetero) is 1. The average molecular weight is 306 g/mol. The van der Waals surface area contributed by atoms with Crippen molar-refractivity contribution in [2.24, 2.45) is 0 Å². The lowest BCUT2D eigenvalue weighted by Crippen LogP contribution is -2.19. The van der Waals surface area contributed by atoms with E-state index in [9.17, 15) is 14.4 Å². The molecule has 21 heavy (non-hydrogen) atoms. The maximum Gasteiger partial charge on any atom is 0.323 e. The molecule has 0 fully saturated rings. The number of carbonyl (C=O) groups is 3. The summed E-state index contributed by atoms with van der Waals surface area (Å²) in [5, 5.41) is 7.82. The van der Waals surface area contributed by atoms with E-state index in [2.05, 4.69) is 0 Å². The number of aryl methyl sites for hydroxylation is 1. The van der Waals surface area contributed by atoms with Crippen LogP contribution < -0.4 is 0 Å². The molecule has 0 radical (unpaired) electrons. The molecule has 0 aliphatic heterocycles. The zero-order chi connectivity index (χ0) is 15.6. The van der Waals surface area contributed by atoms with Crippen molar-refractivity contribution in [2.45, 2.75) is 13.5 Å². The summed E-state index contributed by atoms with van der Waals surface area (Å²) in [5.74, 6) is -2.02. The third-order valence-electron chi connectivity index (χ3n) is 3.08. The summed E-state index contributed by atoms with van der Waals surface area (Å²) in [6.07, 6.45) is 0. The number of ketones is 1. The SMILES string of the molecule is Cc1cc(-c2ccccc2)c(C(=O)C(=O)Cl)n1CC(=O)O. The minimum atomic E-state index is -1.14. The Labute approximate surface area is 125 Å². The monoisotopic (exact) mass is 305 g/mol. The van der Waals surface area contributed by atoms with Crippen molar-refractivity contribution >= 4 is 28.6 Å². The summed E-state index contributed by atoms with van der Waals surface area (Å²) in [6, 6.07) is 10.6. The second-order valence-corrected chi connectivity index (χ2v) is 4.84. The van der Waals surface area contributed by atoms with Crippen molar-refractivity contribution in [1.82, 2.24) is 4.57 Å². The number of carbonyl (C=O) groups excluding carboxylic acids is 2. The Bertz CT molecular complexity index is 719. The molecule has 0 aliphatic rings. The van der Waals surface area contributed by atoms with Crippen LogP contribution in [-0.4, -0.2) is 26.7 Å². The molecule has 0 aliphatic carbocycles. The first kappa shape index (κ1) is 15.0. The van der Waals surface area contributed by atoms with Crippen molar-refractivity contribution in [3.05, 3.63) is 47.8 Å². The van der Waals surface area contributed by atoms with Gasteiger partial charge in [0.2, 0.25) is 0 Å². The van der Waals surface area contributed by atoms with Gasteiger partial charge in [0.05, 0.1) is 0 Å². The third kappa shape index (κ3) is 3.03.